The summed E-state index contributed by atoms with van der Waals surface area (Å²) in [4.78, 5) is 2.50. The Bertz CT molecular complexity index is 346. The Morgan fingerprint density at radius 1 is 1.26 bits per heavy atom. The van der Waals surface area contributed by atoms with Crippen LogP contribution >= 0.6 is 0 Å². The average Bonchev–Trinajstić information content (AvgIpc) is 2.82. The van der Waals surface area contributed by atoms with Gasteiger partial charge in [0.2, 0.25) is 0 Å². The van der Waals surface area contributed by atoms with Crippen LogP contribution in [0.5, 0.6) is 0 Å². The second-order valence-electron chi connectivity index (χ2n) is 5.71. The van der Waals surface area contributed by atoms with Crippen LogP contribution in [0.4, 0.5) is 0 Å². The van der Waals surface area contributed by atoms with E-state index in [1.54, 1.807) is 0 Å². The predicted molar refractivity (Wildman–Crippen MR) is 81.1 cm³/mol. The van der Waals surface area contributed by atoms with Gasteiger partial charge in [0.1, 0.15) is 5.76 Å². The van der Waals surface area contributed by atoms with Crippen LogP contribution in [0, 0.1) is 5.92 Å². The minimum atomic E-state index is 0.622. The molecule has 0 saturated carbocycles. The van der Waals surface area contributed by atoms with Gasteiger partial charge in [0, 0.05) is 18.2 Å². The number of hydrogen-bond donors (Lipinski definition) is 1. The summed E-state index contributed by atoms with van der Waals surface area (Å²) >= 11 is 0. The van der Waals surface area contributed by atoms with E-state index in [1.165, 1.54) is 12.0 Å². The fourth-order valence-electron chi connectivity index (χ4n) is 2.19. The van der Waals surface area contributed by atoms with Gasteiger partial charge < -0.3 is 9.73 Å². The van der Waals surface area contributed by atoms with E-state index in [-0.39, 0.29) is 0 Å². The fourth-order valence-corrected chi connectivity index (χ4v) is 2.19. The van der Waals surface area contributed by atoms with Crippen LogP contribution in [0.25, 0.3) is 0 Å². The summed E-state index contributed by atoms with van der Waals surface area (Å²) in [6.07, 6.45) is 3.00. The molecule has 1 heterocycles. The fraction of sp³-hybridized carbons (Fsp3) is 0.750. The standard InChI is InChI=1S/C16H30N2O/c1-6-14(5)18(7-2)12-15-8-9-19-16(15)11-17-10-13(3)4/h8-9,13-14,17H,6-7,10-12H2,1-5H3. The Labute approximate surface area is 118 Å². The normalized spacial score (nSPS) is 13.4. The smallest absolute Gasteiger partial charge is 0.122 e. The minimum Gasteiger partial charge on any atom is -0.468 e. The summed E-state index contributed by atoms with van der Waals surface area (Å²) in [6.45, 7) is 15.1. The van der Waals surface area contributed by atoms with Gasteiger partial charge in [-0.2, -0.15) is 0 Å². The lowest BCUT2D eigenvalue weighted by Crippen LogP contribution is -2.32. The van der Waals surface area contributed by atoms with Crippen molar-refractivity contribution in [2.24, 2.45) is 5.92 Å². The molecule has 3 heteroatoms. The molecule has 3 nitrogen and oxygen atoms in total. The zero-order valence-electron chi connectivity index (χ0n) is 13.2. The monoisotopic (exact) mass is 266 g/mol. The van der Waals surface area contributed by atoms with Crippen molar-refractivity contribution in [3.8, 4) is 0 Å². The van der Waals surface area contributed by atoms with Crippen molar-refractivity contribution in [1.29, 1.82) is 0 Å². The molecule has 0 aliphatic carbocycles. The summed E-state index contributed by atoms with van der Waals surface area (Å²) in [6, 6.07) is 2.73. The third kappa shape index (κ3) is 5.37. The zero-order chi connectivity index (χ0) is 14.3. The molecule has 0 fully saturated rings. The molecule has 0 aliphatic rings. The van der Waals surface area contributed by atoms with Crippen molar-refractivity contribution in [3.05, 3.63) is 23.7 Å². The molecular weight excluding hydrogens is 236 g/mol. The molecule has 1 aromatic heterocycles. The topological polar surface area (TPSA) is 28.4 Å². The Morgan fingerprint density at radius 3 is 2.58 bits per heavy atom. The van der Waals surface area contributed by atoms with Gasteiger partial charge in [-0.15, -0.1) is 0 Å². The first-order valence-corrected chi connectivity index (χ1v) is 7.58. The van der Waals surface area contributed by atoms with E-state index in [1.807, 2.05) is 6.26 Å². The molecule has 0 aromatic carbocycles. The third-order valence-electron chi connectivity index (χ3n) is 3.67. The molecule has 1 aromatic rings. The molecule has 1 atom stereocenters. The van der Waals surface area contributed by atoms with Crippen molar-refractivity contribution < 1.29 is 4.42 Å². The Hall–Kier alpha value is -0.800. The largest absolute Gasteiger partial charge is 0.468 e. The minimum absolute atomic E-state index is 0.622. The zero-order valence-corrected chi connectivity index (χ0v) is 13.2. The van der Waals surface area contributed by atoms with E-state index in [2.05, 4.69) is 50.9 Å². The quantitative estimate of drug-likeness (QED) is 0.739. The molecule has 0 radical (unpaired) electrons. The van der Waals surface area contributed by atoms with Crippen LogP contribution in [-0.2, 0) is 13.1 Å². The maximum Gasteiger partial charge on any atom is 0.122 e. The van der Waals surface area contributed by atoms with Crippen LogP contribution < -0.4 is 5.32 Å². The first-order chi connectivity index (χ1) is 9.08. The molecule has 0 spiro atoms. The van der Waals surface area contributed by atoms with Crippen LogP contribution in [-0.4, -0.2) is 24.0 Å². The molecule has 0 bridgehead atoms. The van der Waals surface area contributed by atoms with Crippen molar-refractivity contribution in [2.45, 2.75) is 60.2 Å². The van der Waals surface area contributed by atoms with Gasteiger partial charge in [-0.05, 0) is 38.4 Å². The highest BCUT2D eigenvalue weighted by atomic mass is 16.3. The first kappa shape index (κ1) is 16.3. The van der Waals surface area contributed by atoms with Crippen LogP contribution in [0.3, 0.4) is 0 Å². The van der Waals surface area contributed by atoms with Crippen LogP contribution in [0.2, 0.25) is 0 Å². The summed E-state index contributed by atoms with van der Waals surface area (Å²) in [5.74, 6) is 1.76. The highest BCUT2D eigenvalue weighted by molar-refractivity contribution is 5.17. The van der Waals surface area contributed by atoms with E-state index in [9.17, 15) is 0 Å². The molecule has 0 saturated heterocycles. The molecule has 110 valence electrons. The van der Waals surface area contributed by atoms with E-state index in [0.29, 0.717) is 12.0 Å². The van der Waals surface area contributed by atoms with E-state index >= 15 is 0 Å². The van der Waals surface area contributed by atoms with Crippen molar-refractivity contribution in [1.82, 2.24) is 10.2 Å². The lowest BCUT2D eigenvalue weighted by Gasteiger charge is -2.26. The van der Waals surface area contributed by atoms with E-state index in [0.717, 1.165) is 31.9 Å². The molecule has 1 rings (SSSR count). The molecule has 1 unspecified atom stereocenters. The Kier molecular flexibility index (Phi) is 7.17. The Morgan fingerprint density at radius 2 is 2.00 bits per heavy atom. The number of rotatable bonds is 9. The number of furan rings is 1. The second kappa shape index (κ2) is 8.39. The number of nitrogens with zero attached hydrogens (tertiary/aromatic N) is 1. The number of hydrogen-bond acceptors (Lipinski definition) is 3. The number of nitrogens with one attached hydrogen (secondary N) is 1. The van der Waals surface area contributed by atoms with Crippen LogP contribution in [0.1, 0.15) is 52.4 Å². The summed E-state index contributed by atoms with van der Waals surface area (Å²) in [7, 11) is 0. The summed E-state index contributed by atoms with van der Waals surface area (Å²) in [5, 5.41) is 3.45. The summed E-state index contributed by atoms with van der Waals surface area (Å²) in [5.41, 5.74) is 1.32. The maximum atomic E-state index is 5.62. The highest BCUT2D eigenvalue weighted by Crippen LogP contribution is 2.16. The molecule has 0 aliphatic heterocycles. The predicted octanol–water partition coefficient (Wildman–Crippen LogP) is 3.65. The van der Waals surface area contributed by atoms with Crippen molar-refractivity contribution in [2.75, 3.05) is 13.1 Å². The molecule has 1 N–H and O–H groups in total. The third-order valence-corrected chi connectivity index (χ3v) is 3.67. The molecular formula is C16H30N2O. The van der Waals surface area contributed by atoms with Crippen LogP contribution in [0.15, 0.2) is 16.7 Å². The van der Waals surface area contributed by atoms with Crippen molar-refractivity contribution in [3.63, 3.8) is 0 Å². The van der Waals surface area contributed by atoms with Crippen molar-refractivity contribution >= 4 is 0 Å². The van der Waals surface area contributed by atoms with E-state index in [4.69, 9.17) is 4.42 Å². The first-order valence-electron chi connectivity index (χ1n) is 7.58. The van der Waals surface area contributed by atoms with E-state index < -0.39 is 0 Å². The van der Waals surface area contributed by atoms with Gasteiger partial charge in [0.15, 0.2) is 0 Å². The SMILES string of the molecule is CCC(C)N(CC)Cc1ccoc1CNCC(C)C. The summed E-state index contributed by atoms with van der Waals surface area (Å²) < 4.78 is 5.62. The maximum absolute atomic E-state index is 5.62. The van der Waals surface area contributed by atoms with Gasteiger partial charge in [-0.25, -0.2) is 0 Å². The van der Waals surface area contributed by atoms with Gasteiger partial charge in [-0.1, -0.05) is 27.7 Å². The van der Waals surface area contributed by atoms with Gasteiger partial charge in [0.25, 0.3) is 0 Å². The molecule has 0 amide bonds. The average molecular weight is 266 g/mol. The highest BCUT2D eigenvalue weighted by Gasteiger charge is 2.14. The second-order valence-corrected chi connectivity index (χ2v) is 5.71. The Balaban J connectivity index is 2.56. The lowest BCUT2D eigenvalue weighted by atomic mass is 10.1. The molecule has 19 heavy (non-hydrogen) atoms. The van der Waals surface area contributed by atoms with Gasteiger partial charge in [0.05, 0.1) is 12.8 Å². The van der Waals surface area contributed by atoms with Gasteiger partial charge >= 0.3 is 0 Å². The lowest BCUT2D eigenvalue weighted by molar-refractivity contribution is 0.204. The van der Waals surface area contributed by atoms with Gasteiger partial charge in [-0.3, -0.25) is 4.90 Å².